The van der Waals surface area contributed by atoms with Crippen molar-refractivity contribution in [1.82, 2.24) is 4.98 Å². The molecule has 1 amide bonds. The van der Waals surface area contributed by atoms with Gasteiger partial charge in [-0.05, 0) is 81.0 Å². The zero-order valence-corrected chi connectivity index (χ0v) is 19.0. The Morgan fingerprint density at radius 1 is 1.04 bits per heavy atom. The second-order valence-corrected chi connectivity index (χ2v) is 8.62. The molecule has 4 nitrogen and oxygen atoms in total. The maximum absolute atomic E-state index is 12.7. The van der Waals surface area contributed by atoms with Crippen molar-refractivity contribution >= 4 is 77.1 Å². The Morgan fingerprint density at radius 3 is 2.67 bits per heavy atom. The van der Waals surface area contributed by atoms with E-state index in [4.69, 9.17) is 4.42 Å². The Kier molecular flexibility index (Phi) is 5.34. The minimum atomic E-state index is -0.184. The molecule has 0 saturated heterocycles. The van der Waals surface area contributed by atoms with Crippen LogP contribution in [0.1, 0.15) is 10.4 Å². The molecular formula is C20H11Br2IN2O2. The quantitative estimate of drug-likeness (QED) is 0.207. The van der Waals surface area contributed by atoms with Crippen LogP contribution in [-0.4, -0.2) is 10.9 Å². The summed E-state index contributed by atoms with van der Waals surface area (Å²) < 4.78 is 8.36. The monoisotopic (exact) mass is 596 g/mol. The van der Waals surface area contributed by atoms with Crippen LogP contribution in [0.4, 0.5) is 5.69 Å². The minimum absolute atomic E-state index is 0.184. The van der Waals surface area contributed by atoms with Crippen LogP contribution < -0.4 is 5.32 Å². The Balaban J connectivity index is 1.64. The van der Waals surface area contributed by atoms with Gasteiger partial charge in [-0.1, -0.05) is 34.1 Å². The number of nitrogens with one attached hydrogen (secondary N) is 1. The smallest absolute Gasteiger partial charge is 0.256 e. The maximum atomic E-state index is 12.7. The van der Waals surface area contributed by atoms with Gasteiger partial charge in [0, 0.05) is 23.8 Å². The number of hydrogen-bond donors (Lipinski definition) is 1. The number of hydrogen-bond acceptors (Lipinski definition) is 3. The van der Waals surface area contributed by atoms with Crippen molar-refractivity contribution < 1.29 is 9.21 Å². The third-order valence-electron chi connectivity index (χ3n) is 3.90. The van der Waals surface area contributed by atoms with Gasteiger partial charge in [0.1, 0.15) is 5.52 Å². The number of halogens is 3. The summed E-state index contributed by atoms with van der Waals surface area (Å²) in [7, 11) is 0. The van der Waals surface area contributed by atoms with Crippen molar-refractivity contribution in [2.45, 2.75) is 0 Å². The van der Waals surface area contributed by atoms with E-state index in [0.717, 1.165) is 29.2 Å². The van der Waals surface area contributed by atoms with Gasteiger partial charge in [0.05, 0.1) is 5.56 Å². The van der Waals surface area contributed by atoms with Gasteiger partial charge in [0.2, 0.25) is 5.89 Å². The fourth-order valence-electron chi connectivity index (χ4n) is 2.65. The van der Waals surface area contributed by atoms with Gasteiger partial charge < -0.3 is 9.73 Å². The molecule has 0 bridgehead atoms. The first-order valence-corrected chi connectivity index (χ1v) is 10.6. The first kappa shape index (κ1) is 18.6. The Labute approximate surface area is 185 Å². The Morgan fingerprint density at radius 2 is 1.85 bits per heavy atom. The van der Waals surface area contributed by atoms with E-state index >= 15 is 0 Å². The molecule has 27 heavy (non-hydrogen) atoms. The number of amides is 1. The van der Waals surface area contributed by atoms with Gasteiger partial charge in [0.25, 0.3) is 5.91 Å². The summed E-state index contributed by atoms with van der Waals surface area (Å²) in [5.41, 5.74) is 3.59. The van der Waals surface area contributed by atoms with Crippen molar-refractivity contribution in [3.05, 3.63) is 78.7 Å². The topological polar surface area (TPSA) is 55.1 Å². The number of anilines is 1. The summed E-state index contributed by atoms with van der Waals surface area (Å²) in [5, 5.41) is 2.94. The third kappa shape index (κ3) is 3.95. The Bertz CT molecular complexity index is 1140. The lowest BCUT2D eigenvalue weighted by Gasteiger charge is -2.09. The molecule has 0 atom stereocenters. The van der Waals surface area contributed by atoms with E-state index in [0.29, 0.717) is 17.1 Å². The highest BCUT2D eigenvalue weighted by Gasteiger charge is 2.15. The number of rotatable bonds is 3. The first-order chi connectivity index (χ1) is 13.0. The molecule has 1 aromatic heterocycles. The molecular weight excluding hydrogens is 587 g/mol. The van der Waals surface area contributed by atoms with Crippen LogP contribution in [0.5, 0.6) is 0 Å². The minimum Gasteiger partial charge on any atom is -0.436 e. The molecule has 0 saturated carbocycles. The summed E-state index contributed by atoms with van der Waals surface area (Å²) in [6, 6.07) is 18.8. The summed E-state index contributed by atoms with van der Waals surface area (Å²) in [6.07, 6.45) is 0. The molecule has 7 heteroatoms. The predicted molar refractivity (Wildman–Crippen MR) is 122 cm³/mol. The number of fused-ring (bicyclic) bond motifs is 1. The molecule has 0 aliphatic carbocycles. The molecule has 0 spiro atoms. The summed E-state index contributed by atoms with van der Waals surface area (Å²) >= 11 is 9.05. The lowest BCUT2D eigenvalue weighted by Crippen LogP contribution is -2.13. The van der Waals surface area contributed by atoms with Gasteiger partial charge in [-0.3, -0.25) is 4.79 Å². The summed E-state index contributed by atoms with van der Waals surface area (Å²) in [5.74, 6) is 0.336. The van der Waals surface area contributed by atoms with E-state index in [1.54, 1.807) is 6.07 Å². The first-order valence-electron chi connectivity index (χ1n) is 7.93. The number of oxazole rings is 1. The molecule has 3 aromatic carbocycles. The Hall–Kier alpha value is -1.71. The van der Waals surface area contributed by atoms with Crippen LogP contribution in [-0.2, 0) is 0 Å². The largest absolute Gasteiger partial charge is 0.436 e. The maximum Gasteiger partial charge on any atom is 0.256 e. The third-order valence-corrected chi connectivity index (χ3v) is 6.89. The van der Waals surface area contributed by atoms with Gasteiger partial charge in [-0.15, -0.1) is 0 Å². The van der Waals surface area contributed by atoms with E-state index in [1.807, 2.05) is 54.6 Å². The number of nitrogens with zero attached hydrogens (tertiary/aromatic N) is 1. The van der Waals surface area contributed by atoms with Crippen LogP contribution in [0, 0.1) is 3.57 Å². The van der Waals surface area contributed by atoms with Crippen LogP contribution in [0.3, 0.4) is 0 Å². The van der Waals surface area contributed by atoms with Crippen molar-refractivity contribution in [2.24, 2.45) is 0 Å². The molecule has 4 aromatic rings. The van der Waals surface area contributed by atoms with E-state index < -0.39 is 0 Å². The molecule has 0 aliphatic heterocycles. The lowest BCUT2D eigenvalue weighted by atomic mass is 10.1. The predicted octanol–water partition coefficient (Wildman–Crippen LogP) is 6.88. The molecule has 0 fully saturated rings. The number of aromatic nitrogens is 1. The van der Waals surface area contributed by atoms with Crippen LogP contribution in [0.15, 0.2) is 74.0 Å². The fourth-order valence-corrected chi connectivity index (χ4v) is 4.43. The van der Waals surface area contributed by atoms with Crippen molar-refractivity contribution in [3.63, 3.8) is 0 Å². The standard InChI is InChI=1S/C20H11Br2IN2O2/c21-12-9-14(18(23)15(22)10-12)19(26)24-13-5-3-4-11(8-13)20-25-16-6-1-2-7-17(16)27-20/h1-10H,(H,24,26). The summed E-state index contributed by atoms with van der Waals surface area (Å²) in [4.78, 5) is 17.2. The molecule has 0 aliphatic rings. The molecule has 0 unspecified atom stereocenters. The number of para-hydroxylation sites is 2. The zero-order valence-electron chi connectivity index (χ0n) is 13.7. The number of carbonyl (C=O) groups excluding carboxylic acids is 1. The molecule has 0 radical (unpaired) electrons. The highest BCUT2D eigenvalue weighted by atomic mass is 127. The van der Waals surface area contributed by atoms with Gasteiger partial charge in [0.15, 0.2) is 5.58 Å². The van der Waals surface area contributed by atoms with Crippen LogP contribution in [0.2, 0.25) is 0 Å². The van der Waals surface area contributed by atoms with E-state index in [1.165, 1.54) is 0 Å². The SMILES string of the molecule is O=C(Nc1cccc(-c2nc3ccccc3o2)c1)c1cc(Br)cc(Br)c1I. The van der Waals surface area contributed by atoms with Crippen molar-refractivity contribution in [1.29, 1.82) is 0 Å². The highest BCUT2D eigenvalue weighted by molar-refractivity contribution is 14.1. The van der Waals surface area contributed by atoms with Crippen LogP contribution in [0.25, 0.3) is 22.6 Å². The van der Waals surface area contributed by atoms with Gasteiger partial charge in [-0.2, -0.15) is 0 Å². The van der Waals surface area contributed by atoms with Gasteiger partial charge >= 0.3 is 0 Å². The van der Waals surface area contributed by atoms with E-state index in [-0.39, 0.29) is 5.91 Å². The van der Waals surface area contributed by atoms with E-state index in [9.17, 15) is 4.79 Å². The van der Waals surface area contributed by atoms with Crippen molar-refractivity contribution in [3.8, 4) is 11.5 Å². The second kappa shape index (κ2) is 7.73. The number of benzene rings is 3. The number of carbonyl (C=O) groups is 1. The molecule has 4 rings (SSSR count). The average molecular weight is 598 g/mol. The second-order valence-electron chi connectivity index (χ2n) is 5.77. The van der Waals surface area contributed by atoms with Gasteiger partial charge in [-0.25, -0.2) is 4.98 Å². The van der Waals surface area contributed by atoms with Crippen LogP contribution >= 0.6 is 54.5 Å². The van der Waals surface area contributed by atoms with Crippen molar-refractivity contribution in [2.75, 3.05) is 5.32 Å². The lowest BCUT2D eigenvalue weighted by molar-refractivity contribution is 0.102. The zero-order chi connectivity index (χ0) is 19.0. The molecule has 134 valence electrons. The molecule has 1 heterocycles. The fraction of sp³-hybridized carbons (Fsp3) is 0. The molecule has 1 N–H and O–H groups in total. The average Bonchev–Trinajstić information content (AvgIpc) is 3.09. The summed E-state index contributed by atoms with van der Waals surface area (Å²) in [6.45, 7) is 0. The normalized spacial score (nSPS) is 10.9. The highest BCUT2D eigenvalue weighted by Crippen LogP contribution is 2.29. The van der Waals surface area contributed by atoms with E-state index in [2.05, 4.69) is 64.8 Å².